The normalized spacial score (nSPS) is 11.6. The lowest BCUT2D eigenvalue weighted by atomic mass is 10.2. The van der Waals surface area contributed by atoms with Gasteiger partial charge in [0.15, 0.2) is 0 Å². The third kappa shape index (κ3) is 3.44. The van der Waals surface area contributed by atoms with Crippen LogP contribution in [0.3, 0.4) is 0 Å². The van der Waals surface area contributed by atoms with Crippen LogP contribution in [0, 0.1) is 0 Å². The quantitative estimate of drug-likeness (QED) is 0.743. The molecule has 124 valence electrons. The fraction of sp³-hybridized carbons (Fsp3) is 0.125. The highest BCUT2D eigenvalue weighted by molar-refractivity contribution is 7.90. The molecule has 7 nitrogen and oxygen atoms in total. The lowest BCUT2D eigenvalue weighted by Gasteiger charge is -2.13. The number of benzene rings is 1. The van der Waals surface area contributed by atoms with E-state index >= 15 is 0 Å². The van der Waals surface area contributed by atoms with E-state index in [1.165, 1.54) is 20.3 Å². The minimum absolute atomic E-state index is 0.394. The number of para-hydroxylation sites is 1. The van der Waals surface area contributed by atoms with Gasteiger partial charge in [-0.1, -0.05) is 18.2 Å². The summed E-state index contributed by atoms with van der Waals surface area (Å²) in [6.45, 7) is 0. The SMILES string of the molecule is CN(C)S(=O)(=O)Nc1ccc(Nc2cccc3cccnc23)nc1. The van der Waals surface area contributed by atoms with Gasteiger partial charge in [-0.3, -0.25) is 9.71 Å². The Bertz CT molecular complexity index is 950. The first-order valence-electron chi connectivity index (χ1n) is 7.23. The second-order valence-corrected chi connectivity index (χ2v) is 7.21. The van der Waals surface area contributed by atoms with Crippen molar-refractivity contribution < 1.29 is 8.42 Å². The van der Waals surface area contributed by atoms with Crippen LogP contribution >= 0.6 is 0 Å². The number of anilines is 3. The van der Waals surface area contributed by atoms with Crippen molar-refractivity contribution in [2.24, 2.45) is 0 Å². The Morgan fingerprint density at radius 2 is 1.79 bits per heavy atom. The highest BCUT2D eigenvalue weighted by Gasteiger charge is 2.13. The average Bonchev–Trinajstić information content (AvgIpc) is 2.56. The van der Waals surface area contributed by atoms with E-state index in [1.54, 1.807) is 18.3 Å². The minimum Gasteiger partial charge on any atom is -0.338 e. The highest BCUT2D eigenvalue weighted by Crippen LogP contribution is 2.24. The summed E-state index contributed by atoms with van der Waals surface area (Å²) in [6.07, 6.45) is 3.20. The van der Waals surface area contributed by atoms with Crippen LogP contribution in [0.2, 0.25) is 0 Å². The van der Waals surface area contributed by atoms with Crippen LogP contribution in [-0.4, -0.2) is 36.8 Å². The van der Waals surface area contributed by atoms with Crippen LogP contribution in [0.4, 0.5) is 17.2 Å². The average molecular weight is 343 g/mol. The van der Waals surface area contributed by atoms with Crippen molar-refractivity contribution >= 4 is 38.3 Å². The number of aromatic nitrogens is 2. The summed E-state index contributed by atoms with van der Waals surface area (Å²) in [6, 6.07) is 13.1. The van der Waals surface area contributed by atoms with Crippen LogP contribution in [0.25, 0.3) is 10.9 Å². The molecule has 0 bridgehead atoms. The van der Waals surface area contributed by atoms with Gasteiger partial charge < -0.3 is 5.32 Å². The molecular weight excluding hydrogens is 326 g/mol. The van der Waals surface area contributed by atoms with E-state index in [0.29, 0.717) is 11.5 Å². The Hall–Kier alpha value is -2.71. The molecule has 2 aromatic heterocycles. The number of nitrogens with zero attached hydrogens (tertiary/aromatic N) is 3. The fourth-order valence-corrected chi connectivity index (χ4v) is 2.71. The van der Waals surface area contributed by atoms with Crippen LogP contribution < -0.4 is 10.0 Å². The van der Waals surface area contributed by atoms with Crippen molar-refractivity contribution in [3.8, 4) is 0 Å². The number of nitrogens with one attached hydrogen (secondary N) is 2. The van der Waals surface area contributed by atoms with Crippen LogP contribution in [0.1, 0.15) is 0 Å². The van der Waals surface area contributed by atoms with Gasteiger partial charge in [0.25, 0.3) is 0 Å². The van der Waals surface area contributed by atoms with E-state index in [2.05, 4.69) is 20.0 Å². The predicted octanol–water partition coefficient (Wildman–Crippen LogP) is 2.59. The fourth-order valence-electron chi connectivity index (χ4n) is 2.11. The summed E-state index contributed by atoms with van der Waals surface area (Å²) < 4.78 is 27.1. The summed E-state index contributed by atoms with van der Waals surface area (Å²) in [5.74, 6) is 0.598. The van der Waals surface area contributed by atoms with Gasteiger partial charge >= 0.3 is 10.2 Å². The van der Waals surface area contributed by atoms with Crippen molar-refractivity contribution in [3.63, 3.8) is 0 Å². The molecule has 0 unspecified atom stereocenters. The maximum absolute atomic E-state index is 11.8. The standard InChI is InChI=1S/C16H17N5O2S/c1-21(2)24(22,23)20-13-8-9-15(18-11-13)19-14-7-3-5-12-6-4-10-17-16(12)14/h3-11,20H,1-2H3,(H,18,19). The monoisotopic (exact) mass is 343 g/mol. The van der Waals surface area contributed by atoms with Crippen molar-refractivity contribution in [2.45, 2.75) is 0 Å². The smallest absolute Gasteiger partial charge is 0.301 e. The number of hydrogen-bond donors (Lipinski definition) is 2. The molecule has 0 radical (unpaired) electrons. The maximum Gasteiger partial charge on any atom is 0.301 e. The van der Waals surface area contributed by atoms with Crippen molar-refractivity contribution in [1.29, 1.82) is 0 Å². The summed E-state index contributed by atoms with van der Waals surface area (Å²) in [7, 11) is -0.624. The van der Waals surface area contributed by atoms with Gasteiger partial charge in [0.2, 0.25) is 0 Å². The molecule has 3 aromatic rings. The van der Waals surface area contributed by atoms with Gasteiger partial charge in [-0.15, -0.1) is 0 Å². The number of hydrogen-bond acceptors (Lipinski definition) is 5. The van der Waals surface area contributed by atoms with Crippen LogP contribution in [0.15, 0.2) is 54.9 Å². The predicted molar refractivity (Wildman–Crippen MR) is 95.5 cm³/mol. The molecule has 8 heteroatoms. The van der Waals surface area contributed by atoms with E-state index in [-0.39, 0.29) is 0 Å². The molecule has 0 aliphatic rings. The molecule has 0 atom stereocenters. The third-order valence-electron chi connectivity index (χ3n) is 3.39. The number of pyridine rings is 2. The van der Waals surface area contributed by atoms with Gasteiger partial charge in [0.05, 0.1) is 23.1 Å². The van der Waals surface area contributed by atoms with Crippen molar-refractivity contribution in [3.05, 3.63) is 54.9 Å². The molecule has 3 rings (SSSR count). The summed E-state index contributed by atoms with van der Waals surface area (Å²) in [5, 5.41) is 4.22. The first-order valence-corrected chi connectivity index (χ1v) is 8.67. The molecule has 2 N–H and O–H groups in total. The van der Waals surface area contributed by atoms with Gasteiger partial charge in [0.1, 0.15) is 5.82 Å². The largest absolute Gasteiger partial charge is 0.338 e. The molecule has 0 saturated carbocycles. The molecule has 0 spiro atoms. The molecule has 0 aliphatic carbocycles. The topological polar surface area (TPSA) is 87.2 Å². The third-order valence-corrected chi connectivity index (χ3v) is 4.84. The molecule has 1 aromatic carbocycles. The molecule has 0 amide bonds. The first kappa shape index (κ1) is 16.2. The Labute approximate surface area is 140 Å². The molecule has 2 heterocycles. The first-order chi connectivity index (χ1) is 11.5. The van der Waals surface area contributed by atoms with E-state index in [0.717, 1.165) is 20.9 Å². The van der Waals surface area contributed by atoms with Gasteiger partial charge in [-0.25, -0.2) is 4.98 Å². The lowest BCUT2D eigenvalue weighted by molar-refractivity contribution is 0.527. The summed E-state index contributed by atoms with van der Waals surface area (Å²) in [4.78, 5) is 8.62. The second kappa shape index (κ2) is 6.42. The lowest BCUT2D eigenvalue weighted by Crippen LogP contribution is -2.28. The number of fused-ring (bicyclic) bond motifs is 1. The zero-order valence-corrected chi connectivity index (χ0v) is 14.1. The van der Waals surface area contributed by atoms with Gasteiger partial charge in [-0.2, -0.15) is 12.7 Å². The molecule has 0 saturated heterocycles. The minimum atomic E-state index is -3.54. The van der Waals surface area contributed by atoms with E-state index < -0.39 is 10.2 Å². The molecule has 0 fully saturated rings. The number of rotatable bonds is 5. The van der Waals surface area contributed by atoms with Crippen LogP contribution in [0.5, 0.6) is 0 Å². The molecular formula is C16H17N5O2S. The second-order valence-electron chi connectivity index (χ2n) is 5.33. The highest BCUT2D eigenvalue weighted by atomic mass is 32.2. The maximum atomic E-state index is 11.8. The zero-order chi connectivity index (χ0) is 17.2. The van der Waals surface area contributed by atoms with Crippen molar-refractivity contribution in [2.75, 3.05) is 24.1 Å². The molecule has 0 aliphatic heterocycles. The van der Waals surface area contributed by atoms with Gasteiger partial charge in [0, 0.05) is 25.7 Å². The van der Waals surface area contributed by atoms with E-state index in [1.807, 2.05) is 30.3 Å². The Morgan fingerprint density at radius 1 is 1.00 bits per heavy atom. The van der Waals surface area contributed by atoms with Crippen molar-refractivity contribution in [1.82, 2.24) is 14.3 Å². The Balaban J connectivity index is 1.81. The van der Waals surface area contributed by atoms with Crippen LogP contribution in [-0.2, 0) is 10.2 Å². The Morgan fingerprint density at radius 3 is 2.50 bits per heavy atom. The van der Waals surface area contributed by atoms with E-state index in [9.17, 15) is 8.42 Å². The van der Waals surface area contributed by atoms with Gasteiger partial charge in [-0.05, 0) is 24.3 Å². The summed E-state index contributed by atoms with van der Waals surface area (Å²) in [5.41, 5.74) is 2.08. The van der Waals surface area contributed by atoms with E-state index in [4.69, 9.17) is 0 Å². The zero-order valence-electron chi connectivity index (χ0n) is 13.3. The summed E-state index contributed by atoms with van der Waals surface area (Å²) >= 11 is 0. The molecule has 24 heavy (non-hydrogen) atoms. The Kier molecular flexibility index (Phi) is 4.32.